The SMILES string of the molecule is O=C(O)N1C[C@H](NOCc2ccccc2)CC[C@]1(C(=O)O)N1C(=O)[C@@H]2[C@H](C1=O)[C@@H]1C=C[C@H]2C1. The average molecular weight is 455 g/mol. The number of hydrogen-bond donors (Lipinski definition) is 3. The van der Waals surface area contributed by atoms with Crippen LogP contribution in [0.1, 0.15) is 24.8 Å². The molecule has 174 valence electrons. The van der Waals surface area contributed by atoms with Gasteiger partial charge in [0, 0.05) is 13.0 Å². The van der Waals surface area contributed by atoms with Gasteiger partial charge < -0.3 is 10.2 Å². The zero-order valence-corrected chi connectivity index (χ0v) is 17.8. The Morgan fingerprint density at radius 2 is 1.70 bits per heavy atom. The lowest BCUT2D eigenvalue weighted by molar-refractivity contribution is -0.182. The highest BCUT2D eigenvalue weighted by Gasteiger charge is 2.68. The summed E-state index contributed by atoms with van der Waals surface area (Å²) in [5.74, 6) is -4.10. The number of fused-ring (bicyclic) bond motifs is 5. The summed E-state index contributed by atoms with van der Waals surface area (Å²) in [6.07, 6.45) is 3.00. The Kier molecular flexibility index (Phi) is 5.21. The van der Waals surface area contributed by atoms with Gasteiger partial charge in [-0.1, -0.05) is 42.5 Å². The van der Waals surface area contributed by atoms with E-state index in [2.05, 4.69) is 5.48 Å². The molecule has 0 spiro atoms. The molecule has 0 unspecified atom stereocenters. The molecular weight excluding hydrogens is 430 g/mol. The summed E-state index contributed by atoms with van der Waals surface area (Å²) in [4.78, 5) is 58.4. The molecule has 2 aliphatic heterocycles. The number of nitrogens with zero attached hydrogens (tertiary/aromatic N) is 2. The molecule has 0 aromatic heterocycles. The molecule has 4 aliphatic rings. The lowest BCUT2D eigenvalue weighted by Crippen LogP contribution is -2.72. The first-order chi connectivity index (χ1) is 15.8. The molecule has 0 radical (unpaired) electrons. The summed E-state index contributed by atoms with van der Waals surface area (Å²) < 4.78 is 0. The Bertz CT molecular complexity index is 998. The molecule has 2 saturated heterocycles. The highest BCUT2D eigenvalue weighted by Crippen LogP contribution is 2.54. The number of aliphatic carboxylic acids is 1. The zero-order valence-electron chi connectivity index (χ0n) is 17.8. The first-order valence-electron chi connectivity index (χ1n) is 11.1. The molecule has 6 atom stereocenters. The fraction of sp³-hybridized carbons (Fsp3) is 0.478. The van der Waals surface area contributed by atoms with Gasteiger partial charge in [-0.25, -0.2) is 14.5 Å². The molecule has 10 heteroatoms. The first kappa shape index (κ1) is 21.6. The van der Waals surface area contributed by atoms with Gasteiger partial charge >= 0.3 is 12.1 Å². The maximum absolute atomic E-state index is 13.3. The number of likely N-dealkylation sites (tertiary alicyclic amines) is 2. The van der Waals surface area contributed by atoms with Crippen LogP contribution in [0.25, 0.3) is 0 Å². The monoisotopic (exact) mass is 455 g/mol. The van der Waals surface area contributed by atoms with Gasteiger partial charge in [0.1, 0.15) is 0 Å². The van der Waals surface area contributed by atoms with Gasteiger partial charge in [-0.3, -0.25) is 19.3 Å². The molecule has 3 N–H and O–H groups in total. The van der Waals surface area contributed by atoms with Crippen molar-refractivity contribution in [3.05, 3.63) is 48.0 Å². The summed E-state index contributed by atoms with van der Waals surface area (Å²) in [6.45, 7) is 0.00461. The van der Waals surface area contributed by atoms with Crippen LogP contribution >= 0.6 is 0 Å². The predicted octanol–water partition coefficient (Wildman–Crippen LogP) is 1.44. The van der Waals surface area contributed by atoms with Gasteiger partial charge in [-0.2, -0.15) is 5.48 Å². The minimum absolute atomic E-state index is 0.102. The summed E-state index contributed by atoms with van der Waals surface area (Å²) in [5.41, 5.74) is 1.47. The molecule has 5 rings (SSSR count). The van der Waals surface area contributed by atoms with Gasteiger partial charge in [0.25, 0.3) is 0 Å². The fourth-order valence-electron chi connectivity index (χ4n) is 5.94. The van der Waals surface area contributed by atoms with Crippen molar-refractivity contribution in [2.45, 2.75) is 37.6 Å². The van der Waals surface area contributed by atoms with Crippen molar-refractivity contribution >= 4 is 23.9 Å². The number of piperidine rings is 1. The number of imide groups is 1. The average Bonchev–Trinajstić information content (AvgIpc) is 3.48. The molecule has 1 aromatic carbocycles. The number of amides is 3. The van der Waals surface area contributed by atoms with Gasteiger partial charge in [0.15, 0.2) is 0 Å². The highest BCUT2D eigenvalue weighted by molar-refractivity contribution is 6.10. The third-order valence-corrected chi connectivity index (χ3v) is 7.44. The topological polar surface area (TPSA) is 136 Å². The van der Waals surface area contributed by atoms with Crippen molar-refractivity contribution in [2.24, 2.45) is 23.7 Å². The number of hydroxylamine groups is 1. The third kappa shape index (κ3) is 3.24. The number of carboxylic acids is 1. The number of carbonyl (C=O) groups is 4. The second-order valence-electron chi connectivity index (χ2n) is 9.15. The number of allylic oxidation sites excluding steroid dienone is 2. The van der Waals surface area contributed by atoms with Crippen LogP contribution in [-0.4, -0.2) is 62.1 Å². The second-order valence-corrected chi connectivity index (χ2v) is 9.15. The van der Waals surface area contributed by atoms with E-state index in [0.29, 0.717) is 11.3 Å². The third-order valence-electron chi connectivity index (χ3n) is 7.44. The molecule has 3 fully saturated rings. The summed E-state index contributed by atoms with van der Waals surface area (Å²) in [5, 5.41) is 20.1. The van der Waals surface area contributed by atoms with E-state index in [4.69, 9.17) is 4.84 Å². The molecule has 10 nitrogen and oxygen atoms in total. The van der Waals surface area contributed by atoms with Crippen LogP contribution in [0.15, 0.2) is 42.5 Å². The molecule has 2 bridgehead atoms. The Morgan fingerprint density at radius 1 is 1.06 bits per heavy atom. The number of carboxylic acid groups (broad SMARTS) is 2. The maximum atomic E-state index is 13.3. The van der Waals surface area contributed by atoms with E-state index >= 15 is 0 Å². The van der Waals surface area contributed by atoms with Crippen molar-refractivity contribution in [1.82, 2.24) is 15.3 Å². The number of carbonyl (C=O) groups excluding carboxylic acids is 2. The molecule has 1 saturated carbocycles. The molecule has 2 heterocycles. The second kappa shape index (κ2) is 7.96. The van der Waals surface area contributed by atoms with Crippen LogP contribution in [0.3, 0.4) is 0 Å². The lowest BCUT2D eigenvalue weighted by atomic mass is 9.85. The van der Waals surface area contributed by atoms with E-state index < -0.39 is 47.4 Å². The van der Waals surface area contributed by atoms with Crippen LogP contribution in [0.2, 0.25) is 0 Å². The predicted molar refractivity (Wildman–Crippen MR) is 112 cm³/mol. The Hall–Kier alpha value is -3.24. The van der Waals surface area contributed by atoms with Gasteiger partial charge in [-0.15, -0.1) is 0 Å². The summed E-state index contributed by atoms with van der Waals surface area (Å²) in [6, 6.07) is 8.88. The molecule has 2 aliphatic carbocycles. The van der Waals surface area contributed by atoms with Crippen molar-refractivity contribution < 1.29 is 34.2 Å². The van der Waals surface area contributed by atoms with Gasteiger partial charge in [0.05, 0.1) is 24.5 Å². The Morgan fingerprint density at radius 3 is 2.27 bits per heavy atom. The van der Waals surface area contributed by atoms with Crippen molar-refractivity contribution in [1.29, 1.82) is 0 Å². The Balaban J connectivity index is 1.36. The van der Waals surface area contributed by atoms with Crippen LogP contribution in [0.4, 0.5) is 4.79 Å². The molecular formula is C23H25N3O7. The van der Waals surface area contributed by atoms with E-state index in [1.807, 2.05) is 42.5 Å². The number of rotatable bonds is 6. The maximum Gasteiger partial charge on any atom is 0.409 e. The van der Waals surface area contributed by atoms with Crippen LogP contribution in [0.5, 0.6) is 0 Å². The quantitative estimate of drug-likeness (QED) is 0.333. The minimum Gasteiger partial charge on any atom is -0.478 e. The fourth-order valence-corrected chi connectivity index (χ4v) is 5.94. The van der Waals surface area contributed by atoms with Crippen LogP contribution in [0, 0.1) is 23.7 Å². The van der Waals surface area contributed by atoms with E-state index in [-0.39, 0.29) is 37.8 Å². The standard InChI is InChI=1S/C23H25N3O7/c27-19-17-14-6-7-15(10-14)18(17)20(28)26(19)23(21(29)30)9-8-16(11-25(23)22(31)32)24-33-12-13-4-2-1-3-5-13/h1-7,14-18,24H,8-12H2,(H,29,30)(H,31,32)/t14-,15+,16-,17-,18+,23-/m1/s1. The minimum atomic E-state index is -2.26. The van der Waals surface area contributed by atoms with Gasteiger partial charge in [-0.05, 0) is 30.2 Å². The van der Waals surface area contributed by atoms with Crippen molar-refractivity contribution in [3.8, 4) is 0 Å². The van der Waals surface area contributed by atoms with Crippen LogP contribution in [-0.2, 0) is 25.8 Å². The van der Waals surface area contributed by atoms with Crippen LogP contribution < -0.4 is 5.48 Å². The summed E-state index contributed by atoms with van der Waals surface area (Å²) >= 11 is 0. The number of nitrogens with one attached hydrogen (secondary N) is 1. The largest absolute Gasteiger partial charge is 0.478 e. The van der Waals surface area contributed by atoms with Crippen molar-refractivity contribution in [3.63, 3.8) is 0 Å². The molecule has 3 amide bonds. The molecule has 1 aromatic rings. The van der Waals surface area contributed by atoms with Gasteiger partial charge in [0.2, 0.25) is 17.5 Å². The number of benzene rings is 1. The van der Waals surface area contributed by atoms with E-state index in [9.17, 15) is 29.4 Å². The zero-order chi connectivity index (χ0) is 23.3. The van der Waals surface area contributed by atoms with E-state index in [1.54, 1.807) is 0 Å². The van der Waals surface area contributed by atoms with Crippen molar-refractivity contribution in [2.75, 3.05) is 6.54 Å². The summed E-state index contributed by atoms with van der Waals surface area (Å²) in [7, 11) is 0. The Labute approximate surface area is 189 Å². The number of hydrogen-bond acceptors (Lipinski definition) is 6. The molecule has 33 heavy (non-hydrogen) atoms. The van der Waals surface area contributed by atoms with E-state index in [1.165, 1.54) is 0 Å². The highest BCUT2D eigenvalue weighted by atomic mass is 16.6. The lowest BCUT2D eigenvalue weighted by Gasteiger charge is -2.48. The first-order valence-corrected chi connectivity index (χ1v) is 11.1. The normalized spacial score (nSPS) is 34.7. The smallest absolute Gasteiger partial charge is 0.409 e. The van der Waals surface area contributed by atoms with E-state index in [0.717, 1.165) is 10.5 Å².